The number of methoxy groups -OCH3 is 1. The number of fused-ring (bicyclic) bond motifs is 1. The average molecular weight is 269 g/mol. The van der Waals surface area contributed by atoms with Crippen molar-refractivity contribution < 1.29 is 9.53 Å². The fourth-order valence-corrected chi connectivity index (χ4v) is 2.41. The molecule has 0 radical (unpaired) electrons. The van der Waals surface area contributed by atoms with Crippen molar-refractivity contribution in [3.8, 4) is 0 Å². The quantitative estimate of drug-likeness (QED) is 0.667. The lowest BCUT2D eigenvalue weighted by molar-refractivity contribution is 0.0600. The highest BCUT2D eigenvalue weighted by Gasteiger charge is 2.21. The first-order valence-electron chi connectivity index (χ1n) is 6.34. The number of benzene rings is 1. The first kappa shape index (κ1) is 12.5. The monoisotopic (exact) mass is 269 g/mol. The summed E-state index contributed by atoms with van der Waals surface area (Å²) in [6, 6.07) is 9.33. The van der Waals surface area contributed by atoms with E-state index in [-0.39, 0.29) is 5.97 Å². The Hall–Kier alpha value is -2.56. The van der Waals surface area contributed by atoms with Crippen LogP contribution in [0.3, 0.4) is 0 Å². The molecule has 0 atom stereocenters. The summed E-state index contributed by atoms with van der Waals surface area (Å²) in [5.41, 5.74) is 9.52. The van der Waals surface area contributed by atoms with Gasteiger partial charge in [0.15, 0.2) is 0 Å². The van der Waals surface area contributed by atoms with Crippen LogP contribution in [0.1, 0.15) is 21.5 Å². The summed E-state index contributed by atoms with van der Waals surface area (Å²) < 4.78 is 4.73. The minimum Gasteiger partial charge on any atom is -0.465 e. The fraction of sp³-hybridized carbons (Fsp3) is 0.200. The number of nitrogen functional groups attached to an aromatic ring is 1. The Bertz CT molecular complexity index is 670. The van der Waals surface area contributed by atoms with Crippen LogP contribution >= 0.6 is 0 Å². The predicted molar refractivity (Wildman–Crippen MR) is 76.3 cm³/mol. The van der Waals surface area contributed by atoms with Crippen LogP contribution < -0.4 is 10.6 Å². The van der Waals surface area contributed by atoms with E-state index in [1.54, 1.807) is 18.3 Å². The van der Waals surface area contributed by atoms with Crippen LogP contribution in [0.25, 0.3) is 0 Å². The van der Waals surface area contributed by atoms with E-state index in [1.165, 1.54) is 18.2 Å². The molecule has 2 aromatic rings. The van der Waals surface area contributed by atoms with Gasteiger partial charge in [0.05, 0.1) is 12.7 Å². The Labute approximate surface area is 117 Å². The zero-order chi connectivity index (χ0) is 14.1. The molecule has 0 aliphatic carbocycles. The fourth-order valence-electron chi connectivity index (χ4n) is 2.41. The third kappa shape index (κ3) is 2.18. The van der Waals surface area contributed by atoms with Gasteiger partial charge in [-0.05, 0) is 35.4 Å². The Morgan fingerprint density at radius 3 is 2.85 bits per heavy atom. The molecule has 0 bridgehead atoms. The molecule has 5 heteroatoms. The number of rotatable bonds is 2. The molecule has 1 aliphatic heterocycles. The highest BCUT2D eigenvalue weighted by molar-refractivity contribution is 5.90. The number of esters is 1. The normalized spacial score (nSPS) is 13.2. The number of carbonyl (C=O) groups excluding carboxylic acids is 1. The maximum Gasteiger partial charge on any atom is 0.338 e. The third-order valence-electron chi connectivity index (χ3n) is 3.44. The van der Waals surface area contributed by atoms with Crippen LogP contribution in [-0.2, 0) is 17.8 Å². The molecule has 0 fully saturated rings. The number of anilines is 2. The van der Waals surface area contributed by atoms with E-state index in [0.717, 1.165) is 24.6 Å². The van der Waals surface area contributed by atoms with Gasteiger partial charge in [-0.1, -0.05) is 6.07 Å². The number of hydrogen-bond donors (Lipinski definition) is 1. The smallest absolute Gasteiger partial charge is 0.338 e. The van der Waals surface area contributed by atoms with Gasteiger partial charge in [0.2, 0.25) is 0 Å². The standard InChI is InChI=1S/C15H15N3O2/c1-20-15(19)10-4-5-17-14(7-10)18-8-11-2-3-13(16)6-12(11)9-18/h2-7H,8-9,16H2,1H3. The van der Waals surface area contributed by atoms with Crippen LogP contribution in [0, 0.1) is 0 Å². The van der Waals surface area contributed by atoms with Crippen molar-refractivity contribution in [2.24, 2.45) is 0 Å². The number of ether oxygens (including phenoxy) is 1. The lowest BCUT2D eigenvalue weighted by Crippen LogP contribution is -2.16. The number of aromatic nitrogens is 1. The lowest BCUT2D eigenvalue weighted by atomic mass is 10.1. The second-order valence-electron chi connectivity index (χ2n) is 4.78. The highest BCUT2D eigenvalue weighted by Crippen LogP contribution is 2.28. The molecule has 0 saturated carbocycles. The summed E-state index contributed by atoms with van der Waals surface area (Å²) in [6.45, 7) is 1.52. The number of nitrogens with zero attached hydrogens (tertiary/aromatic N) is 2. The molecule has 1 aliphatic rings. The minimum atomic E-state index is -0.352. The maximum absolute atomic E-state index is 11.6. The zero-order valence-electron chi connectivity index (χ0n) is 11.2. The largest absolute Gasteiger partial charge is 0.465 e. The molecule has 2 N–H and O–H groups in total. The Kier molecular flexibility index (Phi) is 3.02. The van der Waals surface area contributed by atoms with Crippen molar-refractivity contribution in [3.05, 3.63) is 53.2 Å². The highest BCUT2D eigenvalue weighted by atomic mass is 16.5. The summed E-state index contributed by atoms with van der Waals surface area (Å²) in [5.74, 6) is 0.414. The number of nitrogens with two attached hydrogens (primary N) is 1. The number of hydrogen-bond acceptors (Lipinski definition) is 5. The maximum atomic E-state index is 11.6. The van der Waals surface area contributed by atoms with E-state index in [2.05, 4.69) is 9.88 Å². The molecule has 102 valence electrons. The first-order chi connectivity index (χ1) is 9.67. The average Bonchev–Trinajstić information content (AvgIpc) is 2.89. The molecule has 0 saturated heterocycles. The van der Waals surface area contributed by atoms with Crippen molar-refractivity contribution >= 4 is 17.5 Å². The third-order valence-corrected chi connectivity index (χ3v) is 3.44. The lowest BCUT2D eigenvalue weighted by Gasteiger charge is -2.16. The van der Waals surface area contributed by atoms with Gasteiger partial charge >= 0.3 is 5.97 Å². The minimum absolute atomic E-state index is 0.352. The van der Waals surface area contributed by atoms with Crippen LogP contribution in [-0.4, -0.2) is 18.1 Å². The first-order valence-corrected chi connectivity index (χ1v) is 6.34. The second-order valence-corrected chi connectivity index (χ2v) is 4.78. The van der Waals surface area contributed by atoms with Gasteiger partial charge in [-0.15, -0.1) is 0 Å². The number of carbonyl (C=O) groups is 1. The molecular weight excluding hydrogens is 254 g/mol. The second kappa shape index (κ2) is 4.85. The van der Waals surface area contributed by atoms with Crippen molar-refractivity contribution in [2.45, 2.75) is 13.1 Å². The summed E-state index contributed by atoms with van der Waals surface area (Å²) >= 11 is 0. The van der Waals surface area contributed by atoms with E-state index in [1.807, 2.05) is 18.2 Å². The van der Waals surface area contributed by atoms with Gasteiger partial charge < -0.3 is 15.4 Å². The van der Waals surface area contributed by atoms with E-state index >= 15 is 0 Å². The van der Waals surface area contributed by atoms with Crippen molar-refractivity contribution in [2.75, 3.05) is 17.7 Å². The summed E-state index contributed by atoms with van der Waals surface area (Å²) in [4.78, 5) is 18.0. The Balaban J connectivity index is 1.87. The van der Waals surface area contributed by atoms with Gasteiger partial charge in [-0.25, -0.2) is 9.78 Å². The van der Waals surface area contributed by atoms with E-state index in [0.29, 0.717) is 5.56 Å². The van der Waals surface area contributed by atoms with Gasteiger partial charge in [0.25, 0.3) is 0 Å². The molecule has 0 unspecified atom stereocenters. The molecule has 5 nitrogen and oxygen atoms in total. The van der Waals surface area contributed by atoms with E-state index in [4.69, 9.17) is 10.5 Å². The van der Waals surface area contributed by atoms with E-state index in [9.17, 15) is 4.79 Å². The van der Waals surface area contributed by atoms with Crippen LogP contribution in [0.2, 0.25) is 0 Å². The van der Waals surface area contributed by atoms with Crippen LogP contribution in [0.5, 0.6) is 0 Å². The Morgan fingerprint density at radius 2 is 2.05 bits per heavy atom. The van der Waals surface area contributed by atoms with Crippen LogP contribution in [0.4, 0.5) is 11.5 Å². The van der Waals surface area contributed by atoms with Gasteiger partial charge in [-0.3, -0.25) is 0 Å². The van der Waals surface area contributed by atoms with Crippen molar-refractivity contribution in [3.63, 3.8) is 0 Å². The molecule has 20 heavy (non-hydrogen) atoms. The van der Waals surface area contributed by atoms with Gasteiger partial charge in [0.1, 0.15) is 5.82 Å². The van der Waals surface area contributed by atoms with E-state index < -0.39 is 0 Å². The SMILES string of the molecule is COC(=O)c1ccnc(N2Cc3ccc(N)cc3C2)c1. The summed E-state index contributed by atoms with van der Waals surface area (Å²) in [5, 5.41) is 0. The van der Waals surface area contributed by atoms with Crippen molar-refractivity contribution in [1.82, 2.24) is 4.98 Å². The van der Waals surface area contributed by atoms with Gasteiger partial charge in [0, 0.05) is 25.0 Å². The molecule has 2 heterocycles. The molecule has 0 amide bonds. The van der Waals surface area contributed by atoms with Crippen molar-refractivity contribution in [1.29, 1.82) is 0 Å². The molecular formula is C15H15N3O2. The molecule has 1 aromatic heterocycles. The topological polar surface area (TPSA) is 68.5 Å². The zero-order valence-corrected chi connectivity index (χ0v) is 11.2. The molecule has 0 spiro atoms. The molecule has 3 rings (SSSR count). The predicted octanol–water partition coefficient (Wildman–Crippen LogP) is 1.97. The Morgan fingerprint density at radius 1 is 1.25 bits per heavy atom. The summed E-state index contributed by atoms with van der Waals surface area (Å²) in [7, 11) is 1.37. The van der Waals surface area contributed by atoms with Crippen LogP contribution in [0.15, 0.2) is 36.5 Å². The molecule has 1 aromatic carbocycles. The number of pyridine rings is 1. The summed E-state index contributed by atoms with van der Waals surface area (Å²) in [6.07, 6.45) is 1.62. The van der Waals surface area contributed by atoms with Gasteiger partial charge in [-0.2, -0.15) is 0 Å².